The van der Waals surface area contributed by atoms with Crippen LogP contribution in [0.5, 0.6) is 0 Å². The minimum atomic E-state index is -4.02. The van der Waals surface area contributed by atoms with Crippen LogP contribution in [0.4, 0.5) is 0 Å². The molecule has 1 amide bonds. The van der Waals surface area contributed by atoms with E-state index in [2.05, 4.69) is 4.74 Å². The van der Waals surface area contributed by atoms with Gasteiger partial charge in [-0.1, -0.05) is 0 Å². The Kier molecular flexibility index (Phi) is 10.4. The lowest BCUT2D eigenvalue weighted by Crippen LogP contribution is -2.86. The second-order valence-corrected chi connectivity index (χ2v) is 9.79. The predicted octanol–water partition coefficient (Wildman–Crippen LogP) is -5.20. The third kappa shape index (κ3) is 5.36. The van der Waals surface area contributed by atoms with Crippen LogP contribution in [0.25, 0.3) is 0 Å². The molecule has 17 heteroatoms. The summed E-state index contributed by atoms with van der Waals surface area (Å²) in [7, 11) is 0.594. The second kappa shape index (κ2) is 11.9. The van der Waals surface area contributed by atoms with Crippen molar-refractivity contribution in [3.05, 3.63) is 0 Å². The number of aliphatic hydroxyl groups is 6. The van der Waals surface area contributed by atoms with Crippen molar-refractivity contribution >= 4 is 46.6 Å². The maximum Gasteiger partial charge on any atom is 0.367 e. The van der Waals surface area contributed by atoms with E-state index < -0.39 is 99.4 Å². The molecule has 230 valence electrons. The zero-order valence-corrected chi connectivity index (χ0v) is 23.2. The van der Waals surface area contributed by atoms with E-state index in [0.717, 1.165) is 6.92 Å². The number of Topliss-reactive ketones (excluding diaryl/α,β-unsaturated/α-hetero) is 6. The van der Waals surface area contributed by atoms with Gasteiger partial charge in [-0.3, -0.25) is 33.6 Å². The van der Waals surface area contributed by atoms with E-state index in [1.54, 1.807) is 0 Å². The van der Waals surface area contributed by atoms with Crippen LogP contribution >= 0.6 is 0 Å². The van der Waals surface area contributed by atoms with Gasteiger partial charge in [-0.05, 0) is 34.6 Å². The van der Waals surface area contributed by atoms with E-state index in [-0.39, 0.29) is 0 Å². The largest absolute Gasteiger partial charge is 0.465 e. The van der Waals surface area contributed by atoms with Crippen molar-refractivity contribution in [1.29, 1.82) is 0 Å². The zero-order valence-electron chi connectivity index (χ0n) is 23.2. The molecule has 0 spiro atoms. The van der Waals surface area contributed by atoms with Crippen LogP contribution in [0.3, 0.4) is 0 Å². The number of ether oxygens (including phenoxy) is 2. The van der Waals surface area contributed by atoms with Gasteiger partial charge < -0.3 is 45.4 Å². The lowest BCUT2D eigenvalue weighted by molar-refractivity contribution is -0.345. The van der Waals surface area contributed by atoms with Crippen LogP contribution < -0.4 is 5.32 Å². The first kappa shape index (κ1) is 35.7. The van der Waals surface area contributed by atoms with Crippen LogP contribution in [-0.2, 0) is 47.8 Å². The van der Waals surface area contributed by atoms with Crippen molar-refractivity contribution < 1.29 is 78.5 Å². The van der Waals surface area contributed by atoms with Crippen LogP contribution in [0.2, 0.25) is 0 Å². The fourth-order valence-corrected chi connectivity index (χ4v) is 4.92. The van der Waals surface area contributed by atoms with Gasteiger partial charge in [-0.15, -0.1) is 0 Å². The average molecular weight is 592 g/mol. The van der Waals surface area contributed by atoms with Crippen molar-refractivity contribution in [3.63, 3.8) is 0 Å². The molecule has 9 atom stereocenters. The van der Waals surface area contributed by atoms with E-state index in [4.69, 9.17) is 4.74 Å². The summed E-state index contributed by atoms with van der Waals surface area (Å²) in [5, 5.41) is 68.9. The first-order valence-electron chi connectivity index (χ1n) is 11.8. The van der Waals surface area contributed by atoms with Crippen LogP contribution in [-0.4, -0.2) is 131 Å². The number of hydrogen-bond acceptors (Lipinski definition) is 16. The van der Waals surface area contributed by atoms with Gasteiger partial charge in [0.25, 0.3) is 5.79 Å². The molecule has 17 nitrogen and oxygen atoms in total. The molecule has 1 rings (SSSR count). The number of methoxy groups -OCH3 is 1. The molecule has 1 aliphatic rings. The van der Waals surface area contributed by atoms with Gasteiger partial charge in [0.1, 0.15) is 12.0 Å². The highest BCUT2D eigenvalue weighted by atomic mass is 16.7. The Balaban J connectivity index is 4.48. The third-order valence-corrected chi connectivity index (χ3v) is 7.10. The van der Waals surface area contributed by atoms with Gasteiger partial charge >= 0.3 is 5.97 Å². The Morgan fingerprint density at radius 1 is 0.854 bits per heavy atom. The molecule has 0 saturated carbocycles. The maximum atomic E-state index is 13.3. The normalized spacial score (nSPS) is 30.4. The topological polar surface area (TPSA) is 288 Å². The summed E-state index contributed by atoms with van der Waals surface area (Å²) in [6, 6.07) is -2.70. The van der Waals surface area contributed by atoms with E-state index in [9.17, 15) is 69.0 Å². The number of carbonyl (C=O) groups excluding carboxylic acids is 8. The molecule has 0 aromatic rings. The summed E-state index contributed by atoms with van der Waals surface area (Å²) in [6.45, 7) is 3.54. The molecular formula is C24H33NO16. The maximum absolute atomic E-state index is 13.3. The zero-order chi connectivity index (χ0) is 32.6. The molecule has 41 heavy (non-hydrogen) atoms. The average Bonchev–Trinajstić information content (AvgIpc) is 2.86. The van der Waals surface area contributed by atoms with Crippen molar-refractivity contribution in [1.82, 2.24) is 5.32 Å². The summed E-state index contributed by atoms with van der Waals surface area (Å²) < 4.78 is 9.61. The Bertz CT molecular complexity index is 1180. The molecule has 0 radical (unpaired) electrons. The number of nitrogens with one attached hydrogen (secondary N) is 1. The lowest BCUT2D eigenvalue weighted by Gasteiger charge is -2.57. The SMILES string of the molecule is COC(=O)C1(O)O[C@@H]([C@@](O)(C(C)=O)[C@@](O)(C(C)=O)C(O)C(C)=O)[C@H](NC(C)=O)[C@](O)(C(C)=O)C1C(=O)C(O)C(C)=O. The number of aliphatic hydroxyl groups excluding tert-OH is 2. The Morgan fingerprint density at radius 3 is 1.66 bits per heavy atom. The summed E-state index contributed by atoms with van der Waals surface area (Å²) >= 11 is 0. The van der Waals surface area contributed by atoms with E-state index in [0.29, 0.717) is 41.7 Å². The summed E-state index contributed by atoms with van der Waals surface area (Å²) in [6.07, 6.45) is -8.71. The number of ketones is 6. The molecule has 1 heterocycles. The molecule has 7 N–H and O–H groups in total. The smallest absolute Gasteiger partial charge is 0.367 e. The standard InChI is InChI=1S/C24H33NO16/c1-8(26)14(32)15(33)16-21(36,10(3)28)17(25-13(6)31)19(41-24(16,39)20(35)40-7)23(38,12(5)30)22(37,11(4)29)18(34)9(2)27/h14,16-19,32,34,36-39H,1-7H3,(H,25,31)/t14?,16?,17-,18?,19+,21-,22+,23-,24?/m0/s1. The molecule has 0 aliphatic carbocycles. The summed E-state index contributed by atoms with van der Waals surface area (Å²) in [4.78, 5) is 101. The molecule has 0 aromatic carbocycles. The van der Waals surface area contributed by atoms with Crippen LogP contribution in [0.15, 0.2) is 0 Å². The molecule has 1 saturated heterocycles. The monoisotopic (exact) mass is 591 g/mol. The first-order valence-corrected chi connectivity index (χ1v) is 11.8. The minimum Gasteiger partial charge on any atom is -0.465 e. The summed E-state index contributed by atoms with van der Waals surface area (Å²) in [5.41, 5.74) is -11.7. The highest BCUT2D eigenvalue weighted by Crippen LogP contribution is 2.48. The quantitative estimate of drug-likeness (QED) is 0.0824. The fraction of sp³-hybridized carbons (Fsp3) is 0.667. The van der Waals surface area contributed by atoms with Crippen LogP contribution in [0, 0.1) is 5.92 Å². The van der Waals surface area contributed by atoms with Gasteiger partial charge in [0.2, 0.25) is 5.91 Å². The third-order valence-electron chi connectivity index (χ3n) is 7.10. The number of rotatable bonds is 12. The van der Waals surface area contributed by atoms with Gasteiger partial charge in [0, 0.05) is 6.92 Å². The van der Waals surface area contributed by atoms with E-state index in [1.807, 2.05) is 5.32 Å². The second-order valence-electron chi connectivity index (χ2n) is 9.79. The highest BCUT2D eigenvalue weighted by Gasteiger charge is 2.78. The van der Waals surface area contributed by atoms with Gasteiger partial charge in [0.15, 0.2) is 63.7 Å². The van der Waals surface area contributed by atoms with Crippen molar-refractivity contribution in [3.8, 4) is 0 Å². The van der Waals surface area contributed by atoms with Gasteiger partial charge in [-0.2, -0.15) is 0 Å². The lowest BCUT2D eigenvalue weighted by atomic mass is 9.60. The van der Waals surface area contributed by atoms with Gasteiger partial charge in [-0.25, -0.2) is 4.79 Å². The Labute approximate surface area is 232 Å². The molecule has 4 unspecified atom stereocenters. The predicted molar refractivity (Wildman–Crippen MR) is 128 cm³/mol. The van der Waals surface area contributed by atoms with Crippen molar-refractivity contribution in [2.45, 2.75) is 88.5 Å². The summed E-state index contributed by atoms with van der Waals surface area (Å²) in [5.74, 6) is -20.1. The fourth-order valence-electron chi connectivity index (χ4n) is 4.92. The van der Waals surface area contributed by atoms with Crippen molar-refractivity contribution in [2.75, 3.05) is 7.11 Å². The van der Waals surface area contributed by atoms with E-state index >= 15 is 0 Å². The minimum absolute atomic E-state index is 0.468. The highest BCUT2D eigenvalue weighted by molar-refractivity contribution is 6.10. The number of amides is 1. The molecule has 1 fully saturated rings. The van der Waals surface area contributed by atoms with Crippen LogP contribution in [0.1, 0.15) is 41.5 Å². The van der Waals surface area contributed by atoms with Crippen molar-refractivity contribution in [2.24, 2.45) is 5.92 Å². The Hall–Kier alpha value is -3.32. The molecular weight excluding hydrogens is 558 g/mol. The number of hydrogen-bond donors (Lipinski definition) is 7. The molecule has 0 aromatic heterocycles. The molecule has 1 aliphatic heterocycles. The van der Waals surface area contributed by atoms with E-state index in [1.165, 1.54) is 0 Å². The number of carbonyl (C=O) groups is 8. The first-order chi connectivity index (χ1) is 18.4. The number of esters is 1. The van der Waals surface area contributed by atoms with Gasteiger partial charge in [0.05, 0.1) is 13.2 Å². The molecule has 0 bridgehead atoms. The Morgan fingerprint density at radius 2 is 1.34 bits per heavy atom.